The maximum Gasteiger partial charge on any atom is 0.237 e. The number of carbonyl (C=O) groups excluding carboxylic acids is 1. The first kappa shape index (κ1) is 12.6. The number of nitrogens with one attached hydrogen (secondary N) is 1. The van der Waals surface area contributed by atoms with Crippen molar-refractivity contribution in [3.05, 3.63) is 35.1 Å². The predicted molar refractivity (Wildman–Crippen MR) is 61.3 cm³/mol. The fraction of sp³-hybridized carbons (Fsp3) is 0.417. The van der Waals surface area contributed by atoms with Gasteiger partial charge in [0, 0.05) is 6.54 Å². The highest BCUT2D eigenvalue weighted by atomic mass is 19.1. The van der Waals surface area contributed by atoms with Crippen molar-refractivity contribution in [2.75, 3.05) is 0 Å². The normalized spacial score (nSPS) is 12.2. The molecule has 0 radical (unpaired) electrons. The zero-order valence-electron chi connectivity index (χ0n) is 9.59. The van der Waals surface area contributed by atoms with Gasteiger partial charge >= 0.3 is 0 Å². The number of amides is 1. The maximum atomic E-state index is 13.2. The summed E-state index contributed by atoms with van der Waals surface area (Å²) < 4.78 is 13.2. The monoisotopic (exact) mass is 224 g/mol. The maximum absolute atomic E-state index is 13.2. The van der Waals surface area contributed by atoms with Crippen LogP contribution in [0.25, 0.3) is 0 Å². The molecule has 0 heterocycles. The van der Waals surface area contributed by atoms with Gasteiger partial charge in [-0.15, -0.1) is 0 Å². The van der Waals surface area contributed by atoms with Gasteiger partial charge in [0.25, 0.3) is 0 Å². The fourth-order valence-corrected chi connectivity index (χ4v) is 1.25. The Hall–Kier alpha value is -1.42. The molecule has 16 heavy (non-hydrogen) atoms. The highest BCUT2D eigenvalue weighted by Crippen LogP contribution is 2.08. The Kier molecular flexibility index (Phi) is 4.43. The van der Waals surface area contributed by atoms with Gasteiger partial charge in [0.05, 0.1) is 6.04 Å². The van der Waals surface area contributed by atoms with Crippen LogP contribution in [0.4, 0.5) is 4.39 Å². The third-order valence-corrected chi connectivity index (χ3v) is 2.48. The lowest BCUT2D eigenvalue weighted by molar-refractivity contribution is -0.122. The predicted octanol–water partition coefficient (Wildman–Crippen LogP) is 1.49. The lowest BCUT2D eigenvalue weighted by Crippen LogP contribution is -2.39. The second kappa shape index (κ2) is 5.61. The molecule has 1 aromatic rings. The van der Waals surface area contributed by atoms with Gasteiger partial charge < -0.3 is 11.1 Å². The lowest BCUT2D eigenvalue weighted by Gasteiger charge is -2.10. The molecule has 0 fully saturated rings. The highest BCUT2D eigenvalue weighted by molar-refractivity contribution is 5.81. The van der Waals surface area contributed by atoms with Crippen molar-refractivity contribution >= 4 is 5.91 Å². The summed E-state index contributed by atoms with van der Waals surface area (Å²) in [5.74, 6) is -0.463. The second-order valence-corrected chi connectivity index (χ2v) is 3.82. The van der Waals surface area contributed by atoms with Crippen LogP contribution in [0.3, 0.4) is 0 Å². The summed E-state index contributed by atoms with van der Waals surface area (Å²) in [7, 11) is 0. The van der Waals surface area contributed by atoms with E-state index in [2.05, 4.69) is 5.32 Å². The SMILES string of the molecule is CCC(N)C(=O)NCc1ccc(C)c(F)c1. The molecule has 0 bridgehead atoms. The summed E-state index contributed by atoms with van der Waals surface area (Å²) in [5.41, 5.74) is 6.88. The van der Waals surface area contributed by atoms with Gasteiger partial charge in [-0.3, -0.25) is 4.79 Å². The minimum absolute atomic E-state index is 0.205. The zero-order chi connectivity index (χ0) is 12.1. The van der Waals surface area contributed by atoms with Crippen LogP contribution >= 0.6 is 0 Å². The Morgan fingerprint density at radius 3 is 2.81 bits per heavy atom. The van der Waals surface area contributed by atoms with E-state index in [1.54, 1.807) is 19.1 Å². The molecule has 1 unspecified atom stereocenters. The average molecular weight is 224 g/mol. The van der Waals surface area contributed by atoms with E-state index in [-0.39, 0.29) is 11.7 Å². The number of aryl methyl sites for hydroxylation is 1. The molecule has 1 aromatic carbocycles. The van der Waals surface area contributed by atoms with E-state index in [4.69, 9.17) is 5.73 Å². The Morgan fingerprint density at radius 1 is 1.56 bits per heavy atom. The molecule has 0 saturated heterocycles. The summed E-state index contributed by atoms with van der Waals surface area (Å²) in [6.45, 7) is 3.85. The van der Waals surface area contributed by atoms with Crippen LogP contribution in [0.15, 0.2) is 18.2 Å². The minimum Gasteiger partial charge on any atom is -0.351 e. The first-order valence-corrected chi connectivity index (χ1v) is 5.33. The van der Waals surface area contributed by atoms with Crippen LogP contribution in [0.2, 0.25) is 0 Å². The Bertz CT molecular complexity index is 379. The van der Waals surface area contributed by atoms with E-state index in [1.165, 1.54) is 6.07 Å². The number of benzene rings is 1. The minimum atomic E-state index is -0.490. The van der Waals surface area contributed by atoms with Crippen LogP contribution < -0.4 is 11.1 Å². The Balaban J connectivity index is 2.55. The zero-order valence-corrected chi connectivity index (χ0v) is 9.59. The Morgan fingerprint density at radius 2 is 2.25 bits per heavy atom. The van der Waals surface area contributed by atoms with Crippen molar-refractivity contribution in [1.82, 2.24) is 5.32 Å². The first-order chi connectivity index (χ1) is 7.54. The van der Waals surface area contributed by atoms with Gasteiger partial charge in [-0.1, -0.05) is 19.1 Å². The molecule has 0 aliphatic carbocycles. The standard InChI is InChI=1S/C12H17FN2O/c1-3-11(14)12(16)15-7-9-5-4-8(2)10(13)6-9/h4-6,11H,3,7,14H2,1-2H3,(H,15,16). The van der Waals surface area contributed by atoms with Crippen LogP contribution in [-0.4, -0.2) is 11.9 Å². The number of rotatable bonds is 4. The molecule has 3 N–H and O–H groups in total. The van der Waals surface area contributed by atoms with E-state index in [0.717, 1.165) is 5.56 Å². The molecule has 0 saturated carbocycles. The Labute approximate surface area is 94.8 Å². The molecule has 4 heteroatoms. The number of hydrogen-bond acceptors (Lipinski definition) is 2. The topological polar surface area (TPSA) is 55.1 Å². The molecule has 1 rings (SSSR count). The molecular weight excluding hydrogens is 207 g/mol. The van der Waals surface area contributed by atoms with Gasteiger partial charge in [-0.2, -0.15) is 0 Å². The van der Waals surface area contributed by atoms with E-state index in [1.807, 2.05) is 6.92 Å². The molecule has 3 nitrogen and oxygen atoms in total. The van der Waals surface area contributed by atoms with Crippen molar-refractivity contribution in [1.29, 1.82) is 0 Å². The van der Waals surface area contributed by atoms with Crippen LogP contribution in [0.1, 0.15) is 24.5 Å². The van der Waals surface area contributed by atoms with Gasteiger partial charge in [-0.25, -0.2) is 4.39 Å². The highest BCUT2D eigenvalue weighted by Gasteiger charge is 2.10. The smallest absolute Gasteiger partial charge is 0.237 e. The second-order valence-electron chi connectivity index (χ2n) is 3.82. The third-order valence-electron chi connectivity index (χ3n) is 2.48. The number of hydrogen-bond donors (Lipinski definition) is 2. The first-order valence-electron chi connectivity index (χ1n) is 5.33. The number of halogens is 1. The lowest BCUT2D eigenvalue weighted by atomic mass is 10.1. The summed E-state index contributed by atoms with van der Waals surface area (Å²) in [6, 6.07) is 4.41. The van der Waals surface area contributed by atoms with E-state index in [9.17, 15) is 9.18 Å². The quantitative estimate of drug-likeness (QED) is 0.814. The van der Waals surface area contributed by atoms with Gasteiger partial charge in [0.15, 0.2) is 0 Å². The van der Waals surface area contributed by atoms with Crippen molar-refractivity contribution in [3.63, 3.8) is 0 Å². The summed E-state index contributed by atoms with van der Waals surface area (Å²) >= 11 is 0. The number of carbonyl (C=O) groups is 1. The van der Waals surface area contributed by atoms with Crippen LogP contribution in [-0.2, 0) is 11.3 Å². The molecule has 0 aromatic heterocycles. The van der Waals surface area contributed by atoms with Gasteiger partial charge in [-0.05, 0) is 30.5 Å². The molecule has 1 atom stereocenters. The van der Waals surface area contributed by atoms with Crippen molar-refractivity contribution in [2.45, 2.75) is 32.9 Å². The molecule has 1 amide bonds. The van der Waals surface area contributed by atoms with Crippen LogP contribution in [0.5, 0.6) is 0 Å². The largest absolute Gasteiger partial charge is 0.351 e. The van der Waals surface area contributed by atoms with E-state index in [0.29, 0.717) is 18.5 Å². The van der Waals surface area contributed by atoms with Crippen molar-refractivity contribution in [2.24, 2.45) is 5.73 Å². The third kappa shape index (κ3) is 3.31. The number of nitrogens with two attached hydrogens (primary N) is 1. The molecule has 0 spiro atoms. The summed E-state index contributed by atoms with van der Waals surface area (Å²) in [4.78, 5) is 11.4. The fourth-order valence-electron chi connectivity index (χ4n) is 1.25. The van der Waals surface area contributed by atoms with Gasteiger partial charge in [0.1, 0.15) is 5.82 Å². The molecule has 0 aliphatic rings. The van der Waals surface area contributed by atoms with Crippen molar-refractivity contribution in [3.8, 4) is 0 Å². The summed E-state index contributed by atoms with van der Waals surface area (Å²) in [6.07, 6.45) is 0.591. The molecule has 0 aliphatic heterocycles. The molecule has 88 valence electrons. The summed E-state index contributed by atoms with van der Waals surface area (Å²) in [5, 5.41) is 2.67. The average Bonchev–Trinajstić information content (AvgIpc) is 2.29. The molecular formula is C12H17FN2O. The van der Waals surface area contributed by atoms with Crippen molar-refractivity contribution < 1.29 is 9.18 Å². The van der Waals surface area contributed by atoms with Crippen LogP contribution in [0, 0.1) is 12.7 Å². The van der Waals surface area contributed by atoms with Gasteiger partial charge in [0.2, 0.25) is 5.91 Å². The van der Waals surface area contributed by atoms with E-state index < -0.39 is 6.04 Å². The van der Waals surface area contributed by atoms with E-state index >= 15 is 0 Å².